The molecule has 0 bridgehead atoms. The van der Waals surface area contributed by atoms with Crippen LogP contribution in [0.5, 0.6) is 0 Å². The molecule has 0 atom stereocenters. The molecule has 0 unspecified atom stereocenters. The van der Waals surface area contributed by atoms with Gasteiger partial charge in [-0.2, -0.15) is 0 Å². The van der Waals surface area contributed by atoms with Gasteiger partial charge in [-0.05, 0) is 97.9 Å². The summed E-state index contributed by atoms with van der Waals surface area (Å²) >= 11 is 0. The number of likely N-dealkylation sites (tertiary alicyclic amines) is 2. The van der Waals surface area contributed by atoms with Crippen molar-refractivity contribution in [2.45, 2.75) is 51.4 Å². The summed E-state index contributed by atoms with van der Waals surface area (Å²) in [6.07, 6.45) is 11.3. The SMILES string of the molecule is CN(CCCN1CCCCC1)CCCN1CCCCC1. The van der Waals surface area contributed by atoms with Gasteiger partial charge in [0.2, 0.25) is 0 Å². The highest BCUT2D eigenvalue weighted by molar-refractivity contribution is 4.67. The summed E-state index contributed by atoms with van der Waals surface area (Å²) in [6, 6.07) is 0. The van der Waals surface area contributed by atoms with E-state index in [-0.39, 0.29) is 0 Å². The van der Waals surface area contributed by atoms with Gasteiger partial charge in [-0.15, -0.1) is 0 Å². The molecular formula is C17H35N3. The van der Waals surface area contributed by atoms with Crippen molar-refractivity contribution in [1.82, 2.24) is 14.7 Å². The van der Waals surface area contributed by atoms with E-state index in [1.165, 1.54) is 104 Å². The van der Waals surface area contributed by atoms with E-state index in [0.717, 1.165) is 0 Å². The van der Waals surface area contributed by atoms with Gasteiger partial charge in [-0.1, -0.05) is 12.8 Å². The second-order valence-corrected chi connectivity index (χ2v) is 6.81. The maximum atomic E-state index is 2.66. The molecule has 2 heterocycles. The largest absolute Gasteiger partial charge is 0.306 e. The lowest BCUT2D eigenvalue weighted by Gasteiger charge is -2.28. The molecule has 0 aromatic carbocycles. The first-order valence-electron chi connectivity index (χ1n) is 8.98. The molecule has 2 fully saturated rings. The minimum absolute atomic E-state index is 1.27. The Morgan fingerprint density at radius 2 is 1.05 bits per heavy atom. The fraction of sp³-hybridized carbons (Fsp3) is 1.00. The highest BCUT2D eigenvalue weighted by Crippen LogP contribution is 2.10. The zero-order chi connectivity index (χ0) is 14.0. The van der Waals surface area contributed by atoms with Crippen LogP contribution in [0.2, 0.25) is 0 Å². The Hall–Kier alpha value is -0.120. The fourth-order valence-corrected chi connectivity index (χ4v) is 3.61. The Kier molecular flexibility index (Phi) is 7.92. The van der Waals surface area contributed by atoms with Crippen molar-refractivity contribution in [3.8, 4) is 0 Å². The molecule has 0 radical (unpaired) electrons. The molecule has 2 saturated heterocycles. The molecule has 0 N–H and O–H groups in total. The predicted octanol–water partition coefficient (Wildman–Crippen LogP) is 2.67. The first-order chi connectivity index (χ1) is 9.84. The van der Waals surface area contributed by atoms with Crippen LogP contribution in [0.25, 0.3) is 0 Å². The fourth-order valence-electron chi connectivity index (χ4n) is 3.61. The monoisotopic (exact) mass is 281 g/mol. The van der Waals surface area contributed by atoms with Gasteiger partial charge < -0.3 is 14.7 Å². The topological polar surface area (TPSA) is 9.72 Å². The maximum absolute atomic E-state index is 2.66. The Morgan fingerprint density at radius 3 is 1.45 bits per heavy atom. The second-order valence-electron chi connectivity index (χ2n) is 6.81. The van der Waals surface area contributed by atoms with Crippen LogP contribution >= 0.6 is 0 Å². The number of rotatable bonds is 8. The second kappa shape index (κ2) is 9.75. The van der Waals surface area contributed by atoms with Crippen LogP contribution < -0.4 is 0 Å². The van der Waals surface area contributed by atoms with Crippen LogP contribution in [0.4, 0.5) is 0 Å². The number of hydrogen-bond donors (Lipinski definition) is 0. The summed E-state index contributed by atoms with van der Waals surface area (Å²) < 4.78 is 0. The minimum Gasteiger partial charge on any atom is -0.306 e. The van der Waals surface area contributed by atoms with Gasteiger partial charge in [-0.3, -0.25) is 0 Å². The van der Waals surface area contributed by atoms with Gasteiger partial charge in [-0.25, -0.2) is 0 Å². The lowest BCUT2D eigenvalue weighted by Crippen LogP contribution is -2.34. The van der Waals surface area contributed by atoms with Crippen LogP contribution in [-0.4, -0.2) is 74.1 Å². The molecule has 2 rings (SSSR count). The third-order valence-electron chi connectivity index (χ3n) is 4.93. The standard InChI is InChI=1S/C17H35N3/c1-18(10-8-16-19-12-4-2-5-13-19)11-9-17-20-14-6-3-7-15-20/h2-17H2,1H3. The normalized spacial score (nSPS) is 22.5. The lowest BCUT2D eigenvalue weighted by atomic mass is 10.1. The van der Waals surface area contributed by atoms with E-state index in [1.807, 2.05) is 0 Å². The quantitative estimate of drug-likeness (QED) is 0.677. The van der Waals surface area contributed by atoms with Crippen molar-refractivity contribution < 1.29 is 0 Å². The van der Waals surface area contributed by atoms with Gasteiger partial charge >= 0.3 is 0 Å². The van der Waals surface area contributed by atoms with E-state index >= 15 is 0 Å². The summed E-state index contributed by atoms with van der Waals surface area (Å²) in [6.45, 7) is 10.6. The van der Waals surface area contributed by atoms with E-state index < -0.39 is 0 Å². The van der Waals surface area contributed by atoms with E-state index in [9.17, 15) is 0 Å². The van der Waals surface area contributed by atoms with Gasteiger partial charge in [0.25, 0.3) is 0 Å². The summed E-state index contributed by atoms with van der Waals surface area (Å²) in [7, 11) is 2.30. The molecule has 0 aliphatic carbocycles. The van der Waals surface area contributed by atoms with Crippen LogP contribution in [-0.2, 0) is 0 Å². The Balaban J connectivity index is 1.44. The number of piperidine rings is 2. The highest BCUT2D eigenvalue weighted by Gasteiger charge is 2.11. The molecule has 0 amide bonds. The van der Waals surface area contributed by atoms with Crippen molar-refractivity contribution in [2.24, 2.45) is 0 Å². The summed E-state index contributed by atoms with van der Waals surface area (Å²) in [5.74, 6) is 0. The van der Waals surface area contributed by atoms with E-state index in [1.54, 1.807) is 0 Å². The molecule has 0 aromatic rings. The van der Waals surface area contributed by atoms with Gasteiger partial charge in [0.1, 0.15) is 0 Å². The van der Waals surface area contributed by atoms with Crippen LogP contribution in [0.1, 0.15) is 51.4 Å². The average Bonchev–Trinajstić information content (AvgIpc) is 2.49. The molecule has 3 nitrogen and oxygen atoms in total. The highest BCUT2D eigenvalue weighted by atomic mass is 15.1. The molecular weight excluding hydrogens is 246 g/mol. The molecule has 0 saturated carbocycles. The molecule has 20 heavy (non-hydrogen) atoms. The molecule has 3 heteroatoms. The van der Waals surface area contributed by atoms with Gasteiger partial charge in [0.05, 0.1) is 0 Å². The average molecular weight is 281 g/mol. The van der Waals surface area contributed by atoms with Crippen LogP contribution in [0.3, 0.4) is 0 Å². The predicted molar refractivity (Wildman–Crippen MR) is 87.3 cm³/mol. The molecule has 118 valence electrons. The zero-order valence-electron chi connectivity index (χ0n) is 13.7. The number of hydrogen-bond acceptors (Lipinski definition) is 3. The number of nitrogens with zero attached hydrogens (tertiary/aromatic N) is 3. The molecule has 2 aliphatic heterocycles. The van der Waals surface area contributed by atoms with E-state index in [0.29, 0.717) is 0 Å². The zero-order valence-corrected chi connectivity index (χ0v) is 13.7. The third-order valence-corrected chi connectivity index (χ3v) is 4.93. The smallest absolute Gasteiger partial charge is 0.000655 e. The van der Waals surface area contributed by atoms with Gasteiger partial charge in [0.15, 0.2) is 0 Å². The maximum Gasteiger partial charge on any atom is -0.000655 e. The van der Waals surface area contributed by atoms with Crippen molar-refractivity contribution in [2.75, 3.05) is 59.4 Å². The minimum atomic E-state index is 1.27. The Morgan fingerprint density at radius 1 is 0.650 bits per heavy atom. The van der Waals surface area contributed by atoms with E-state index in [2.05, 4.69) is 21.7 Å². The summed E-state index contributed by atoms with van der Waals surface area (Å²) in [5.41, 5.74) is 0. The van der Waals surface area contributed by atoms with Gasteiger partial charge in [0, 0.05) is 0 Å². The first-order valence-corrected chi connectivity index (χ1v) is 8.98. The van der Waals surface area contributed by atoms with Crippen LogP contribution in [0, 0.1) is 0 Å². The lowest BCUT2D eigenvalue weighted by molar-refractivity contribution is 0.198. The van der Waals surface area contributed by atoms with Crippen molar-refractivity contribution in [3.63, 3.8) is 0 Å². The third kappa shape index (κ3) is 6.55. The Labute approximate surface area is 126 Å². The Bertz CT molecular complexity index is 208. The first kappa shape index (κ1) is 16.3. The van der Waals surface area contributed by atoms with Crippen molar-refractivity contribution >= 4 is 0 Å². The van der Waals surface area contributed by atoms with Crippen molar-refractivity contribution in [3.05, 3.63) is 0 Å². The van der Waals surface area contributed by atoms with E-state index in [4.69, 9.17) is 0 Å². The van der Waals surface area contributed by atoms with Crippen molar-refractivity contribution in [1.29, 1.82) is 0 Å². The summed E-state index contributed by atoms with van der Waals surface area (Å²) in [4.78, 5) is 7.85. The summed E-state index contributed by atoms with van der Waals surface area (Å²) in [5, 5.41) is 0. The molecule has 2 aliphatic rings. The molecule has 0 spiro atoms. The molecule has 0 aromatic heterocycles. The van der Waals surface area contributed by atoms with Crippen LogP contribution in [0.15, 0.2) is 0 Å².